The molecular formula is C19H4F14N2. The minimum Gasteiger partial charge on any atom is -0.224 e. The van der Waals surface area contributed by atoms with Gasteiger partial charge in [0.25, 0.3) is 5.92 Å². The van der Waals surface area contributed by atoms with Crippen molar-refractivity contribution in [1.29, 1.82) is 0 Å². The van der Waals surface area contributed by atoms with Gasteiger partial charge in [-0.15, -0.1) is 0 Å². The van der Waals surface area contributed by atoms with Crippen LogP contribution >= 0.6 is 0 Å². The predicted octanol–water partition coefficient (Wildman–Crippen LogP) is 7.19. The van der Waals surface area contributed by atoms with Crippen LogP contribution in [0.15, 0.2) is 6.07 Å². The lowest BCUT2D eigenvalue weighted by Gasteiger charge is -2.17. The van der Waals surface area contributed by atoms with Crippen LogP contribution in [0.4, 0.5) is 61.5 Å². The lowest BCUT2D eigenvalue weighted by Crippen LogP contribution is -2.19. The van der Waals surface area contributed by atoms with Crippen LogP contribution in [0.3, 0.4) is 0 Å². The van der Waals surface area contributed by atoms with Crippen LogP contribution in [0.2, 0.25) is 0 Å². The molecule has 0 aliphatic heterocycles. The first-order valence-corrected chi connectivity index (χ1v) is 8.62. The normalized spacial score (nSPS) is 12.4. The van der Waals surface area contributed by atoms with Crippen LogP contribution in [0, 0.1) is 52.4 Å². The van der Waals surface area contributed by atoms with E-state index in [2.05, 4.69) is 9.97 Å². The van der Waals surface area contributed by atoms with Gasteiger partial charge in [0.15, 0.2) is 46.5 Å². The number of aromatic nitrogens is 2. The van der Waals surface area contributed by atoms with Crippen molar-refractivity contribution in [2.45, 2.75) is 19.0 Å². The molecule has 0 amide bonds. The summed E-state index contributed by atoms with van der Waals surface area (Å²) in [6.45, 7) is 0.0133. The van der Waals surface area contributed by atoms with Gasteiger partial charge in [0.05, 0.1) is 22.4 Å². The molecule has 35 heavy (non-hydrogen) atoms. The van der Waals surface area contributed by atoms with Crippen molar-refractivity contribution in [1.82, 2.24) is 9.97 Å². The fraction of sp³-hybridized carbons (Fsp3) is 0.158. The molecule has 0 saturated carbocycles. The molecule has 0 aliphatic rings. The Labute approximate surface area is 183 Å². The Hall–Kier alpha value is -3.46. The first-order valence-electron chi connectivity index (χ1n) is 8.62. The second-order valence-corrected chi connectivity index (χ2v) is 6.80. The van der Waals surface area contributed by atoms with E-state index in [1.165, 1.54) is 0 Å². The highest BCUT2D eigenvalue weighted by molar-refractivity contribution is 5.73. The van der Waals surface area contributed by atoms with E-state index in [-0.39, 0.29) is 13.0 Å². The Kier molecular flexibility index (Phi) is 6.23. The molecule has 188 valence electrons. The van der Waals surface area contributed by atoms with Crippen LogP contribution in [0.25, 0.3) is 22.4 Å². The molecule has 0 radical (unpaired) electrons. The van der Waals surface area contributed by atoms with E-state index in [1.54, 1.807) is 0 Å². The average Bonchev–Trinajstić information content (AvgIpc) is 2.76. The molecule has 3 aromatic rings. The van der Waals surface area contributed by atoms with Gasteiger partial charge in [-0.05, 0) is 6.07 Å². The summed E-state index contributed by atoms with van der Waals surface area (Å²) in [5.41, 5.74) is -10.6. The van der Waals surface area contributed by atoms with E-state index >= 15 is 0 Å². The molecule has 3 rings (SSSR count). The Morgan fingerprint density at radius 1 is 0.514 bits per heavy atom. The van der Waals surface area contributed by atoms with Gasteiger partial charge in [-0.25, -0.2) is 49.5 Å². The van der Waals surface area contributed by atoms with Crippen LogP contribution in [-0.2, 0) is 12.1 Å². The van der Waals surface area contributed by atoms with Crippen molar-refractivity contribution in [2.24, 2.45) is 0 Å². The SMILES string of the molecule is CC(F)(F)c1cc(-c2c(F)c(F)c(-c3c(F)c(F)c(F)c(F)c3F)c(F)c2F)nc(C(F)(F)F)n1. The fourth-order valence-corrected chi connectivity index (χ4v) is 2.83. The zero-order chi connectivity index (χ0) is 26.8. The largest absolute Gasteiger partial charge is 0.451 e. The van der Waals surface area contributed by atoms with Gasteiger partial charge in [-0.3, -0.25) is 0 Å². The molecule has 0 spiro atoms. The number of nitrogens with zero attached hydrogens (tertiary/aromatic N) is 2. The molecule has 0 bridgehead atoms. The van der Waals surface area contributed by atoms with Crippen LogP contribution in [0.1, 0.15) is 18.4 Å². The fourth-order valence-electron chi connectivity index (χ4n) is 2.83. The second-order valence-electron chi connectivity index (χ2n) is 6.80. The maximum absolute atomic E-state index is 14.7. The second kappa shape index (κ2) is 8.34. The highest BCUT2D eigenvalue weighted by Gasteiger charge is 2.40. The average molecular weight is 526 g/mol. The molecule has 2 nitrogen and oxygen atoms in total. The van der Waals surface area contributed by atoms with Crippen molar-refractivity contribution in [3.8, 4) is 22.4 Å². The standard InChI is InChI=1S/C19H4F14N2/c1-18(29,30)4-2-3(34-17(35-4)19(31,32)33)5-8(20)10(22)6(11(23)9(5)21)7-12(24)14(26)16(28)15(27)13(7)25/h2H,1H3. The molecule has 1 heterocycles. The highest BCUT2D eigenvalue weighted by atomic mass is 19.4. The number of alkyl halides is 5. The zero-order valence-corrected chi connectivity index (χ0v) is 16.3. The molecule has 2 aromatic carbocycles. The van der Waals surface area contributed by atoms with Crippen molar-refractivity contribution in [2.75, 3.05) is 0 Å². The molecular weight excluding hydrogens is 522 g/mol. The molecule has 1 aromatic heterocycles. The van der Waals surface area contributed by atoms with Crippen molar-refractivity contribution in [3.63, 3.8) is 0 Å². The van der Waals surface area contributed by atoms with Crippen molar-refractivity contribution in [3.05, 3.63) is 69.9 Å². The molecule has 0 saturated heterocycles. The monoisotopic (exact) mass is 526 g/mol. The molecule has 0 fully saturated rings. The van der Waals surface area contributed by atoms with Gasteiger partial charge in [-0.1, -0.05) is 0 Å². The minimum absolute atomic E-state index is 0.0133. The maximum Gasteiger partial charge on any atom is 0.451 e. The quantitative estimate of drug-likeness (QED) is 0.205. The van der Waals surface area contributed by atoms with Crippen LogP contribution in [-0.4, -0.2) is 9.97 Å². The van der Waals surface area contributed by atoms with Crippen molar-refractivity contribution < 1.29 is 61.5 Å². The number of hydrogen-bond donors (Lipinski definition) is 0. The Balaban J connectivity index is 2.44. The summed E-state index contributed by atoms with van der Waals surface area (Å²) in [6, 6.07) is -0.159. The lowest BCUT2D eigenvalue weighted by atomic mass is 9.97. The number of hydrogen-bond acceptors (Lipinski definition) is 2. The molecule has 0 N–H and O–H groups in total. The third-order valence-electron chi connectivity index (χ3n) is 4.41. The third kappa shape index (κ3) is 4.25. The van der Waals surface area contributed by atoms with E-state index in [0.717, 1.165) is 0 Å². The molecule has 0 aliphatic carbocycles. The number of benzene rings is 2. The first kappa shape index (κ1) is 26.2. The molecule has 0 unspecified atom stereocenters. The van der Waals surface area contributed by atoms with Gasteiger partial charge < -0.3 is 0 Å². The molecule has 0 atom stereocenters. The van der Waals surface area contributed by atoms with E-state index in [0.29, 0.717) is 0 Å². The Morgan fingerprint density at radius 2 is 0.857 bits per heavy atom. The maximum atomic E-state index is 14.7. The van der Waals surface area contributed by atoms with Crippen molar-refractivity contribution >= 4 is 0 Å². The summed E-state index contributed by atoms with van der Waals surface area (Å²) in [7, 11) is 0. The summed E-state index contributed by atoms with van der Waals surface area (Å²) in [6.07, 6.45) is -5.60. The predicted molar refractivity (Wildman–Crippen MR) is 87.1 cm³/mol. The number of rotatable bonds is 3. The van der Waals surface area contributed by atoms with E-state index in [9.17, 15) is 61.5 Å². The first-order chi connectivity index (χ1) is 15.9. The van der Waals surface area contributed by atoms with Gasteiger partial charge in [0.1, 0.15) is 5.69 Å². The summed E-state index contributed by atoms with van der Waals surface area (Å²) < 4.78 is 193. The summed E-state index contributed by atoms with van der Waals surface area (Å²) in [5, 5.41) is 0. The number of halogens is 14. The summed E-state index contributed by atoms with van der Waals surface area (Å²) in [5.74, 6) is -31.9. The van der Waals surface area contributed by atoms with Gasteiger partial charge >= 0.3 is 6.18 Å². The highest BCUT2D eigenvalue weighted by Crippen LogP contribution is 2.41. The van der Waals surface area contributed by atoms with E-state index in [1.807, 2.05) is 0 Å². The summed E-state index contributed by atoms with van der Waals surface area (Å²) >= 11 is 0. The Bertz CT molecular complexity index is 1270. The van der Waals surface area contributed by atoms with Crippen LogP contribution in [0.5, 0.6) is 0 Å². The van der Waals surface area contributed by atoms with Crippen LogP contribution < -0.4 is 0 Å². The zero-order valence-electron chi connectivity index (χ0n) is 16.3. The molecule has 16 heteroatoms. The minimum atomic E-state index is -5.60. The Morgan fingerprint density at radius 3 is 1.23 bits per heavy atom. The topological polar surface area (TPSA) is 25.8 Å². The van der Waals surface area contributed by atoms with Gasteiger partial charge in [0.2, 0.25) is 11.6 Å². The van der Waals surface area contributed by atoms with Gasteiger partial charge in [0, 0.05) is 6.92 Å². The third-order valence-corrected chi connectivity index (χ3v) is 4.41. The lowest BCUT2D eigenvalue weighted by molar-refractivity contribution is -0.145. The smallest absolute Gasteiger partial charge is 0.224 e. The van der Waals surface area contributed by atoms with E-state index < -0.39 is 98.4 Å². The van der Waals surface area contributed by atoms with Gasteiger partial charge in [-0.2, -0.15) is 22.0 Å². The van der Waals surface area contributed by atoms with E-state index in [4.69, 9.17) is 0 Å². The summed E-state index contributed by atoms with van der Waals surface area (Å²) in [4.78, 5) is 5.05.